The lowest BCUT2D eigenvalue weighted by molar-refractivity contribution is 0.470. The van der Waals surface area contributed by atoms with Crippen molar-refractivity contribution in [3.05, 3.63) is 18.3 Å². The fourth-order valence-corrected chi connectivity index (χ4v) is 1.65. The summed E-state index contributed by atoms with van der Waals surface area (Å²) in [5.41, 5.74) is 0. The van der Waals surface area contributed by atoms with Gasteiger partial charge < -0.3 is 15.7 Å². The standard InChI is InChI=1S/C10H15N3O/c14-9-1-2-10(12-7-9)13-8-3-5-11-6-4-8/h1-2,7-8,11,14H,3-6H2,(H,12,13). The van der Waals surface area contributed by atoms with Crippen LogP contribution in [0.3, 0.4) is 0 Å². The zero-order chi connectivity index (χ0) is 9.80. The molecule has 2 rings (SSSR count). The van der Waals surface area contributed by atoms with Crippen LogP contribution in [0, 0.1) is 0 Å². The van der Waals surface area contributed by atoms with Crippen LogP contribution in [0.2, 0.25) is 0 Å². The number of aromatic hydroxyl groups is 1. The summed E-state index contributed by atoms with van der Waals surface area (Å²) in [4.78, 5) is 4.09. The van der Waals surface area contributed by atoms with Gasteiger partial charge >= 0.3 is 0 Å². The molecular weight excluding hydrogens is 178 g/mol. The Bertz CT molecular complexity index is 280. The zero-order valence-corrected chi connectivity index (χ0v) is 8.03. The average molecular weight is 193 g/mol. The van der Waals surface area contributed by atoms with Crippen LogP contribution in [0.25, 0.3) is 0 Å². The maximum Gasteiger partial charge on any atom is 0.134 e. The van der Waals surface area contributed by atoms with Gasteiger partial charge in [0.05, 0.1) is 6.20 Å². The molecule has 4 heteroatoms. The topological polar surface area (TPSA) is 57.2 Å². The molecule has 1 aliphatic heterocycles. The van der Waals surface area contributed by atoms with Crippen molar-refractivity contribution < 1.29 is 5.11 Å². The van der Waals surface area contributed by atoms with Gasteiger partial charge in [-0.2, -0.15) is 0 Å². The van der Waals surface area contributed by atoms with E-state index in [1.54, 1.807) is 12.1 Å². The number of rotatable bonds is 2. The Kier molecular flexibility index (Phi) is 2.84. The van der Waals surface area contributed by atoms with Crippen molar-refractivity contribution in [2.24, 2.45) is 0 Å². The first kappa shape index (κ1) is 9.27. The second kappa shape index (κ2) is 4.28. The highest BCUT2D eigenvalue weighted by atomic mass is 16.3. The Morgan fingerprint density at radius 1 is 1.36 bits per heavy atom. The van der Waals surface area contributed by atoms with Gasteiger partial charge in [0, 0.05) is 6.04 Å². The van der Waals surface area contributed by atoms with Gasteiger partial charge in [0.15, 0.2) is 0 Å². The predicted molar refractivity (Wildman–Crippen MR) is 55.4 cm³/mol. The molecule has 4 nitrogen and oxygen atoms in total. The van der Waals surface area contributed by atoms with E-state index in [0.717, 1.165) is 31.7 Å². The summed E-state index contributed by atoms with van der Waals surface area (Å²) in [5, 5.41) is 15.7. The molecule has 0 spiro atoms. The molecule has 0 unspecified atom stereocenters. The lowest BCUT2D eigenvalue weighted by Gasteiger charge is -2.24. The molecule has 0 aromatic carbocycles. The lowest BCUT2D eigenvalue weighted by Crippen LogP contribution is -2.35. The van der Waals surface area contributed by atoms with Crippen molar-refractivity contribution in [2.45, 2.75) is 18.9 Å². The summed E-state index contributed by atoms with van der Waals surface area (Å²) in [6.45, 7) is 2.13. The third-order valence-electron chi connectivity index (χ3n) is 2.44. The zero-order valence-electron chi connectivity index (χ0n) is 8.03. The third kappa shape index (κ3) is 2.35. The molecule has 0 saturated carbocycles. The third-order valence-corrected chi connectivity index (χ3v) is 2.44. The maximum absolute atomic E-state index is 9.06. The fraction of sp³-hybridized carbons (Fsp3) is 0.500. The number of nitrogens with one attached hydrogen (secondary N) is 2. The molecular formula is C10H15N3O. The second-order valence-corrected chi connectivity index (χ2v) is 3.57. The molecule has 0 radical (unpaired) electrons. The van der Waals surface area contributed by atoms with E-state index in [9.17, 15) is 0 Å². The lowest BCUT2D eigenvalue weighted by atomic mass is 10.1. The van der Waals surface area contributed by atoms with E-state index >= 15 is 0 Å². The summed E-state index contributed by atoms with van der Waals surface area (Å²) in [6.07, 6.45) is 3.72. The van der Waals surface area contributed by atoms with Crippen LogP contribution < -0.4 is 10.6 Å². The molecule has 1 fully saturated rings. The van der Waals surface area contributed by atoms with Crippen LogP contribution in [0.5, 0.6) is 5.75 Å². The summed E-state index contributed by atoms with van der Waals surface area (Å²) in [7, 11) is 0. The Balaban J connectivity index is 1.92. The first-order chi connectivity index (χ1) is 6.84. The van der Waals surface area contributed by atoms with E-state index in [1.165, 1.54) is 6.20 Å². The SMILES string of the molecule is Oc1ccc(NC2CCNCC2)nc1. The number of nitrogens with zero attached hydrogens (tertiary/aromatic N) is 1. The first-order valence-corrected chi connectivity index (χ1v) is 4.97. The number of anilines is 1. The molecule has 0 amide bonds. The molecule has 1 saturated heterocycles. The number of aromatic nitrogens is 1. The number of pyridine rings is 1. The van der Waals surface area contributed by atoms with E-state index in [4.69, 9.17) is 5.11 Å². The van der Waals surface area contributed by atoms with Crippen LogP contribution in [-0.4, -0.2) is 29.2 Å². The van der Waals surface area contributed by atoms with Crippen LogP contribution >= 0.6 is 0 Å². The van der Waals surface area contributed by atoms with Gasteiger partial charge in [0.25, 0.3) is 0 Å². The van der Waals surface area contributed by atoms with Gasteiger partial charge in [-0.25, -0.2) is 4.98 Å². The van der Waals surface area contributed by atoms with Gasteiger partial charge in [-0.15, -0.1) is 0 Å². The summed E-state index contributed by atoms with van der Waals surface area (Å²) < 4.78 is 0. The minimum atomic E-state index is 0.209. The number of hydrogen-bond acceptors (Lipinski definition) is 4. The van der Waals surface area contributed by atoms with Crippen molar-refractivity contribution in [3.8, 4) is 5.75 Å². The van der Waals surface area contributed by atoms with Crippen molar-refractivity contribution in [2.75, 3.05) is 18.4 Å². The Morgan fingerprint density at radius 3 is 2.79 bits per heavy atom. The highest BCUT2D eigenvalue weighted by Crippen LogP contribution is 2.13. The minimum absolute atomic E-state index is 0.209. The van der Waals surface area contributed by atoms with Crippen LogP contribution in [0.15, 0.2) is 18.3 Å². The van der Waals surface area contributed by atoms with Crippen molar-refractivity contribution in [3.63, 3.8) is 0 Å². The van der Waals surface area contributed by atoms with Gasteiger partial charge in [0.2, 0.25) is 0 Å². The quantitative estimate of drug-likeness (QED) is 0.654. The van der Waals surface area contributed by atoms with Crippen molar-refractivity contribution >= 4 is 5.82 Å². The summed E-state index contributed by atoms with van der Waals surface area (Å²) in [6, 6.07) is 3.96. The first-order valence-electron chi connectivity index (χ1n) is 4.97. The fourth-order valence-electron chi connectivity index (χ4n) is 1.65. The van der Waals surface area contributed by atoms with Crippen LogP contribution in [0.1, 0.15) is 12.8 Å². The molecule has 2 heterocycles. The van der Waals surface area contributed by atoms with Gasteiger partial charge in [-0.05, 0) is 38.1 Å². The molecule has 1 aromatic heterocycles. The minimum Gasteiger partial charge on any atom is -0.506 e. The van der Waals surface area contributed by atoms with E-state index in [2.05, 4.69) is 15.6 Å². The van der Waals surface area contributed by atoms with Crippen molar-refractivity contribution in [1.29, 1.82) is 0 Å². The van der Waals surface area contributed by atoms with E-state index < -0.39 is 0 Å². The highest BCUT2D eigenvalue weighted by molar-refractivity contribution is 5.38. The summed E-state index contributed by atoms with van der Waals surface area (Å²) in [5.74, 6) is 1.05. The predicted octanol–water partition coefficient (Wildman–Crippen LogP) is 0.951. The van der Waals surface area contributed by atoms with Crippen LogP contribution in [0.4, 0.5) is 5.82 Å². The highest BCUT2D eigenvalue weighted by Gasteiger charge is 2.12. The monoisotopic (exact) mass is 193 g/mol. The number of piperidine rings is 1. The molecule has 1 aromatic rings. The molecule has 0 bridgehead atoms. The van der Waals surface area contributed by atoms with Gasteiger partial charge in [-0.3, -0.25) is 0 Å². The van der Waals surface area contributed by atoms with Gasteiger partial charge in [0.1, 0.15) is 11.6 Å². The van der Waals surface area contributed by atoms with E-state index in [0.29, 0.717) is 6.04 Å². The average Bonchev–Trinajstić information content (AvgIpc) is 2.23. The Labute approximate surface area is 83.4 Å². The van der Waals surface area contributed by atoms with E-state index in [-0.39, 0.29) is 5.75 Å². The Hall–Kier alpha value is -1.29. The maximum atomic E-state index is 9.06. The van der Waals surface area contributed by atoms with E-state index in [1.807, 2.05) is 0 Å². The van der Waals surface area contributed by atoms with Crippen molar-refractivity contribution in [1.82, 2.24) is 10.3 Å². The molecule has 0 aliphatic carbocycles. The molecule has 0 atom stereocenters. The second-order valence-electron chi connectivity index (χ2n) is 3.57. The summed E-state index contributed by atoms with van der Waals surface area (Å²) >= 11 is 0. The molecule has 1 aliphatic rings. The van der Waals surface area contributed by atoms with Gasteiger partial charge in [-0.1, -0.05) is 0 Å². The largest absolute Gasteiger partial charge is 0.506 e. The smallest absolute Gasteiger partial charge is 0.134 e. The molecule has 3 N–H and O–H groups in total. The Morgan fingerprint density at radius 2 is 2.14 bits per heavy atom. The van der Waals surface area contributed by atoms with Crippen LogP contribution in [-0.2, 0) is 0 Å². The molecule has 76 valence electrons. The molecule has 14 heavy (non-hydrogen) atoms. The number of hydrogen-bond donors (Lipinski definition) is 3. The normalized spacial score (nSPS) is 18.0.